The van der Waals surface area contributed by atoms with E-state index in [0.717, 1.165) is 81.1 Å². The van der Waals surface area contributed by atoms with Gasteiger partial charge in [0.2, 0.25) is 21.2 Å². The van der Waals surface area contributed by atoms with Crippen LogP contribution >= 0.6 is 34.9 Å². The Hall–Kier alpha value is -8.84. The van der Waals surface area contributed by atoms with E-state index in [-0.39, 0.29) is 39.2 Å². The number of nitro groups is 2. The number of fused-ring (bicyclic) bond motifs is 4. The van der Waals surface area contributed by atoms with E-state index in [4.69, 9.17) is 25.1 Å². The van der Waals surface area contributed by atoms with Crippen LogP contribution in [0.25, 0.3) is 12.2 Å². The lowest BCUT2D eigenvalue weighted by Crippen LogP contribution is -2.49. The number of aliphatic hydroxyl groups excluding tert-OH is 1. The lowest BCUT2D eigenvalue weighted by atomic mass is 10.1. The van der Waals surface area contributed by atoms with Crippen LogP contribution in [0.2, 0.25) is 0 Å². The number of phenolic OH excluding ortho intramolecular Hbond substituents is 3. The number of aromatic hydroxyl groups is 3. The van der Waals surface area contributed by atoms with Crippen molar-refractivity contribution in [3.05, 3.63) is 200 Å². The first kappa shape index (κ1) is 68.6. The molecule has 3 aliphatic heterocycles. The number of nitrogens with one attached hydrogen (secondary N) is 1. The molecule has 90 heavy (non-hydrogen) atoms. The molecular weight excluding hydrogens is 1240 g/mol. The molecule has 3 aliphatic rings. The zero-order valence-corrected chi connectivity index (χ0v) is 52.4. The Labute approximate surface area is 532 Å². The van der Waals surface area contributed by atoms with Crippen molar-refractivity contribution in [2.45, 2.75) is 37.3 Å². The summed E-state index contributed by atoms with van der Waals surface area (Å²) >= 11 is 4.37. The molecule has 1 fully saturated rings. The van der Waals surface area contributed by atoms with Gasteiger partial charge in [0.25, 0.3) is 10.0 Å². The van der Waals surface area contributed by atoms with E-state index in [9.17, 15) is 48.0 Å². The number of carbonyl (C=O) groups excluding carboxylic acids is 1. The van der Waals surface area contributed by atoms with Gasteiger partial charge < -0.3 is 45.2 Å². The van der Waals surface area contributed by atoms with Crippen molar-refractivity contribution in [3.8, 4) is 17.2 Å². The highest BCUT2D eigenvalue weighted by molar-refractivity contribution is 8.00. The predicted octanol–water partition coefficient (Wildman–Crippen LogP) is 10.9. The summed E-state index contributed by atoms with van der Waals surface area (Å²) in [6.45, 7) is 9.47. The van der Waals surface area contributed by atoms with E-state index in [1.54, 1.807) is 54.2 Å². The number of piperazine rings is 1. The second kappa shape index (κ2) is 33.7. The number of aliphatic hydroxyl groups is 1. The van der Waals surface area contributed by atoms with E-state index < -0.39 is 37.1 Å². The van der Waals surface area contributed by atoms with E-state index in [1.807, 2.05) is 17.8 Å². The van der Waals surface area contributed by atoms with Crippen LogP contribution in [0.3, 0.4) is 0 Å². The molecule has 472 valence electrons. The van der Waals surface area contributed by atoms with Gasteiger partial charge >= 0.3 is 11.4 Å². The van der Waals surface area contributed by atoms with Gasteiger partial charge in [0.15, 0.2) is 0 Å². The quantitative estimate of drug-likeness (QED) is 0.0183. The first-order chi connectivity index (χ1) is 43.2. The highest BCUT2D eigenvalue weighted by Gasteiger charge is 2.29. The topological polar surface area (TPSA) is 317 Å². The van der Waals surface area contributed by atoms with Crippen molar-refractivity contribution in [2.75, 3.05) is 89.9 Å². The number of nitro benzene ring substituents is 2. The molecule has 4 heterocycles. The molecule has 8 aromatic rings. The Morgan fingerprint density at radius 1 is 0.722 bits per heavy atom. The number of primary sulfonamides is 1. The van der Waals surface area contributed by atoms with Crippen molar-refractivity contribution < 1.29 is 52.6 Å². The number of phenols is 3. The van der Waals surface area contributed by atoms with Crippen LogP contribution in [0.4, 0.5) is 38.0 Å². The van der Waals surface area contributed by atoms with Crippen LogP contribution in [0.15, 0.2) is 187 Å². The maximum atomic E-state index is 12.7. The summed E-state index contributed by atoms with van der Waals surface area (Å²) in [5.74, 6) is -0.210. The molecule has 7 N–H and O–H groups in total. The first-order valence-electron chi connectivity index (χ1n) is 27.8. The zero-order valence-electron chi connectivity index (χ0n) is 49.1. The normalized spacial score (nSPS) is 13.1. The summed E-state index contributed by atoms with van der Waals surface area (Å²) in [5, 5.41) is 70.8. The van der Waals surface area contributed by atoms with Crippen molar-refractivity contribution in [2.24, 2.45) is 10.1 Å². The van der Waals surface area contributed by atoms with Gasteiger partial charge in [0.05, 0.1) is 46.7 Å². The van der Waals surface area contributed by atoms with Crippen LogP contribution in [0.5, 0.6) is 17.2 Å². The second-order valence-electron chi connectivity index (χ2n) is 19.9. The fourth-order valence-electron chi connectivity index (χ4n) is 8.87. The van der Waals surface area contributed by atoms with Crippen LogP contribution in [-0.2, 0) is 19.6 Å². The summed E-state index contributed by atoms with van der Waals surface area (Å²) in [6.07, 6.45) is 4.76. The van der Waals surface area contributed by atoms with Gasteiger partial charge in [0.1, 0.15) is 23.1 Å². The third-order valence-electron chi connectivity index (χ3n) is 13.0. The molecule has 0 atom stereocenters. The van der Waals surface area contributed by atoms with Crippen LogP contribution < -0.4 is 15.4 Å². The minimum absolute atomic E-state index is 0.0235. The summed E-state index contributed by atoms with van der Waals surface area (Å²) in [5.41, 5.74) is 4.63. The van der Waals surface area contributed by atoms with Gasteiger partial charge in [-0.15, -0.1) is 10.2 Å². The predicted molar refractivity (Wildman–Crippen MR) is 348 cm³/mol. The van der Waals surface area contributed by atoms with E-state index in [1.165, 1.54) is 55.9 Å². The molecule has 0 radical (unpaired) electrons. The molecule has 7 aromatic carbocycles. The number of anilines is 3. The number of nitrogens with two attached hydrogens (primary N) is 1. The fourth-order valence-corrected chi connectivity index (χ4v) is 12.4. The highest BCUT2D eigenvalue weighted by atomic mass is 32.2. The van der Waals surface area contributed by atoms with Crippen molar-refractivity contribution >= 4 is 102 Å². The van der Waals surface area contributed by atoms with Crippen LogP contribution in [0, 0.1) is 26.0 Å². The molecule has 1 saturated heterocycles. The summed E-state index contributed by atoms with van der Waals surface area (Å²) < 4.78 is 39.2. The lowest BCUT2D eigenvalue weighted by Gasteiger charge is -2.36. The number of halogens is 1. The smallest absolute Gasteiger partial charge is 0.381 e. The van der Waals surface area contributed by atoms with Gasteiger partial charge in [-0.1, -0.05) is 120 Å². The zero-order chi connectivity index (χ0) is 64.7. The molecular formula is C62H66FN11O12S4. The Balaban J connectivity index is 0.000000165. The minimum Gasteiger partial charge on any atom is -0.508 e. The number of sulfonamides is 1. The van der Waals surface area contributed by atoms with Crippen molar-refractivity contribution in [1.82, 2.24) is 24.9 Å². The van der Waals surface area contributed by atoms with E-state index in [2.05, 4.69) is 146 Å². The molecule has 1 aromatic heterocycles. The second-order valence-corrected chi connectivity index (χ2v) is 24.8. The minimum atomic E-state index is -3.82. The maximum absolute atomic E-state index is 12.7. The first-order valence-corrected chi connectivity index (χ1v) is 31.8. The number of amidine groups is 1. The number of para-hydroxylation sites is 4. The third kappa shape index (κ3) is 20.6. The molecule has 11 rings (SSSR count). The highest BCUT2D eigenvalue weighted by Crippen LogP contribution is 2.48. The standard InChI is InChI=1S/C21H25N3O2S.C17H20N2S.C14H12O3.C6H3FN2O4.C4H6N4O3S2/c25-14-16-26-15-13-23-9-11-24(12-10-23)21-17-5-1-3-7-19(17)27-20-8-4-2-6-18(20)22-21;1-18(2)12-7-13-19-14-8-3-5-10-16(14)20-17-11-6-4-9-15(17)19;15-12-5-3-10(4-6-12)1-2-11-7-13(16)9-14(17)8-11;7-4-2-1-3-5(8(10)11)6(4)9(12)13;1-2(9)6-3-7-8-4(12-3)13(5,10)11/h1-8,25H,9-16H2;3-6,8-11H,7,12-13H2,1-2H3;1-9,15-17H;1-3H;1H3,(H2,5,10,11)(H,6,7,9)/b;;2-1+;;. The number of hydrogen-bond donors (Lipinski definition) is 6. The molecule has 0 aliphatic carbocycles. The largest absolute Gasteiger partial charge is 0.508 e. The number of rotatable bonds is 15. The molecule has 0 spiro atoms. The number of nitrogens with zero attached hydrogens (tertiary/aromatic N) is 9. The van der Waals surface area contributed by atoms with Crippen molar-refractivity contribution in [1.29, 1.82) is 0 Å². The van der Waals surface area contributed by atoms with Gasteiger partial charge in [0, 0.05) is 83.5 Å². The Morgan fingerprint density at radius 3 is 1.89 bits per heavy atom. The number of carbonyl (C=O) groups is 1. The Morgan fingerprint density at radius 2 is 1.31 bits per heavy atom. The Bertz CT molecular complexity index is 3840. The molecule has 28 heteroatoms. The summed E-state index contributed by atoms with van der Waals surface area (Å²) in [4.78, 5) is 48.6. The van der Waals surface area contributed by atoms with E-state index >= 15 is 0 Å². The number of aromatic nitrogens is 2. The fraction of sp³-hybridized carbons (Fsp3) is 0.226. The number of aliphatic imine (C=N–C) groups is 1. The summed E-state index contributed by atoms with van der Waals surface area (Å²) in [6, 6.07) is 48.2. The molecule has 1 amide bonds. The average molecular weight is 1300 g/mol. The molecule has 0 unspecified atom stereocenters. The molecule has 23 nitrogen and oxygen atoms in total. The maximum Gasteiger partial charge on any atom is 0.381 e. The molecule has 0 bridgehead atoms. The number of hydrogen-bond acceptors (Lipinski definition) is 22. The van der Waals surface area contributed by atoms with Gasteiger partial charge in [-0.2, -0.15) is 4.39 Å². The summed E-state index contributed by atoms with van der Waals surface area (Å²) in [7, 11) is 0.442. The van der Waals surface area contributed by atoms with Crippen LogP contribution in [-0.4, -0.2) is 155 Å². The van der Waals surface area contributed by atoms with Crippen molar-refractivity contribution in [3.63, 3.8) is 0 Å². The van der Waals surface area contributed by atoms with Gasteiger partial charge in [-0.25, -0.2) is 18.5 Å². The lowest BCUT2D eigenvalue weighted by molar-refractivity contribution is -0.424. The van der Waals surface area contributed by atoms with Gasteiger partial charge in [-0.3, -0.25) is 29.9 Å². The SMILES string of the molecule is CC(=O)Nc1nnc(S(N)(=O)=O)s1.CN(C)CCCN1c2ccccc2Sc2ccccc21.O=[N+]([O-])c1cccc(F)c1[N+](=O)[O-].OCCOCCN1CCN(C2=Nc3ccccc3Sc3ccccc32)CC1.Oc1ccc(/C=C/c2cc(O)cc(O)c2)cc1. The van der Waals surface area contributed by atoms with Crippen LogP contribution in [0.1, 0.15) is 30.0 Å². The number of ether oxygens (including phenoxy) is 1. The number of amides is 1. The molecule has 0 saturated carbocycles. The average Bonchev–Trinajstić information content (AvgIpc) is 2.61. The Kier molecular flexibility index (Phi) is 25.7. The monoisotopic (exact) mass is 1300 g/mol. The number of benzene rings is 7. The van der Waals surface area contributed by atoms with E-state index in [0.29, 0.717) is 30.1 Å². The van der Waals surface area contributed by atoms with Gasteiger partial charge in [-0.05, 0) is 111 Å². The third-order valence-corrected chi connectivity index (χ3v) is 17.4.